The van der Waals surface area contributed by atoms with Gasteiger partial charge in [0.2, 0.25) is 0 Å². The number of hydrogen-bond acceptors (Lipinski definition) is 5. The normalized spacial score (nSPS) is 27.2. The van der Waals surface area contributed by atoms with Crippen molar-refractivity contribution in [2.24, 2.45) is 5.41 Å². The predicted molar refractivity (Wildman–Crippen MR) is 83.5 cm³/mol. The Kier molecular flexibility index (Phi) is 4.78. The van der Waals surface area contributed by atoms with Crippen LogP contribution in [0.3, 0.4) is 0 Å². The molecule has 0 aliphatic heterocycles. The van der Waals surface area contributed by atoms with Gasteiger partial charge in [0, 0.05) is 18.3 Å². The van der Waals surface area contributed by atoms with Gasteiger partial charge in [-0.05, 0) is 24.6 Å². The van der Waals surface area contributed by atoms with Crippen LogP contribution in [0.1, 0.15) is 25.3 Å². The number of rotatable bonds is 7. The van der Waals surface area contributed by atoms with Crippen LogP contribution in [0, 0.1) is 16.7 Å². The van der Waals surface area contributed by atoms with Gasteiger partial charge in [-0.2, -0.15) is 5.26 Å². The number of hydrogen-bond donors (Lipinski definition) is 0. The highest BCUT2D eigenvalue weighted by Crippen LogP contribution is 2.63. The van der Waals surface area contributed by atoms with Crippen LogP contribution in [0.4, 0.5) is 0 Å². The van der Waals surface area contributed by atoms with Crippen molar-refractivity contribution in [2.75, 3.05) is 26.1 Å². The van der Waals surface area contributed by atoms with Gasteiger partial charge in [-0.3, -0.25) is 0 Å². The molecule has 1 fully saturated rings. The summed E-state index contributed by atoms with van der Waals surface area (Å²) < 4.78 is 35.3. The van der Waals surface area contributed by atoms with Gasteiger partial charge in [0.05, 0.1) is 25.0 Å². The summed E-state index contributed by atoms with van der Waals surface area (Å²) in [7, 11) is -1.75. The Morgan fingerprint density at radius 1 is 1.27 bits per heavy atom. The number of nitrogens with zero attached hydrogens (tertiary/aromatic N) is 1. The molecule has 1 saturated carbocycles. The lowest BCUT2D eigenvalue weighted by molar-refractivity contribution is 0.117. The number of nitriles is 1. The molecule has 0 heterocycles. The summed E-state index contributed by atoms with van der Waals surface area (Å²) in [6, 6.07) is 9.44. The highest BCUT2D eigenvalue weighted by molar-refractivity contribution is 7.92. The quantitative estimate of drug-likeness (QED) is 0.768. The van der Waals surface area contributed by atoms with Crippen molar-refractivity contribution < 1.29 is 17.9 Å². The van der Waals surface area contributed by atoms with E-state index < -0.39 is 20.5 Å². The van der Waals surface area contributed by atoms with E-state index in [9.17, 15) is 13.7 Å². The summed E-state index contributed by atoms with van der Waals surface area (Å²) in [5.41, 5.74) is -0.150. The Morgan fingerprint density at radius 2 is 1.91 bits per heavy atom. The first-order valence-corrected chi connectivity index (χ1v) is 9.02. The van der Waals surface area contributed by atoms with Gasteiger partial charge in [0.25, 0.3) is 0 Å². The van der Waals surface area contributed by atoms with E-state index in [2.05, 4.69) is 6.07 Å². The van der Waals surface area contributed by atoms with E-state index in [1.54, 1.807) is 26.2 Å². The molecule has 0 radical (unpaired) electrons. The lowest BCUT2D eigenvalue weighted by Gasteiger charge is -2.09. The Hall–Kier alpha value is -1.58. The first-order valence-electron chi connectivity index (χ1n) is 7.31. The summed E-state index contributed by atoms with van der Waals surface area (Å²) in [6.45, 7) is 4.04. The molecule has 0 unspecified atom stereocenters. The topological polar surface area (TPSA) is 76.4 Å². The Bertz CT molecular complexity index is 662. The minimum atomic E-state index is -3.32. The van der Waals surface area contributed by atoms with Gasteiger partial charge in [-0.1, -0.05) is 19.1 Å². The van der Waals surface area contributed by atoms with E-state index in [0.29, 0.717) is 12.4 Å². The fourth-order valence-electron chi connectivity index (χ4n) is 3.00. The molecule has 0 spiro atoms. The van der Waals surface area contributed by atoms with Gasteiger partial charge >= 0.3 is 0 Å². The maximum Gasteiger partial charge on any atom is 0.155 e. The van der Waals surface area contributed by atoms with Crippen LogP contribution in [0.2, 0.25) is 0 Å². The van der Waals surface area contributed by atoms with Gasteiger partial charge in [0.1, 0.15) is 11.2 Å². The molecule has 120 valence electrons. The average molecular weight is 323 g/mol. The van der Waals surface area contributed by atoms with E-state index in [1.807, 2.05) is 19.1 Å². The van der Waals surface area contributed by atoms with Gasteiger partial charge in [-0.25, -0.2) is 8.42 Å². The summed E-state index contributed by atoms with van der Waals surface area (Å²) in [4.78, 5) is 0. The number of sulfone groups is 1. The zero-order valence-electron chi connectivity index (χ0n) is 13.1. The molecule has 1 aromatic rings. The van der Waals surface area contributed by atoms with Crippen LogP contribution in [-0.4, -0.2) is 39.7 Å². The highest BCUT2D eigenvalue weighted by Gasteiger charge is 2.71. The van der Waals surface area contributed by atoms with E-state index in [0.717, 1.165) is 5.56 Å². The Morgan fingerprint density at radius 3 is 2.36 bits per heavy atom. The summed E-state index contributed by atoms with van der Waals surface area (Å²) in [5.74, 6) is 0.381. The molecule has 0 saturated heterocycles. The second-order valence-corrected chi connectivity index (χ2v) is 7.82. The third kappa shape index (κ3) is 2.71. The second-order valence-electron chi connectivity index (χ2n) is 5.41. The van der Waals surface area contributed by atoms with Crippen molar-refractivity contribution in [3.63, 3.8) is 0 Å². The van der Waals surface area contributed by atoms with Gasteiger partial charge < -0.3 is 9.47 Å². The first kappa shape index (κ1) is 16.8. The molecule has 1 aliphatic carbocycles. The molecule has 1 aliphatic rings. The van der Waals surface area contributed by atoms with E-state index in [4.69, 9.17) is 9.47 Å². The third-order valence-corrected chi connectivity index (χ3v) is 6.54. The predicted octanol–water partition coefficient (Wildman–Crippen LogP) is 2.14. The number of benzene rings is 1. The maximum atomic E-state index is 12.4. The molecular weight excluding hydrogens is 302 g/mol. The highest BCUT2D eigenvalue weighted by atomic mass is 32.2. The molecule has 3 atom stereocenters. The van der Waals surface area contributed by atoms with Crippen LogP contribution in [0.25, 0.3) is 0 Å². The minimum Gasteiger partial charge on any atom is -0.497 e. The summed E-state index contributed by atoms with van der Waals surface area (Å²) in [5, 5.41) is 8.93. The molecule has 22 heavy (non-hydrogen) atoms. The van der Waals surface area contributed by atoms with E-state index >= 15 is 0 Å². The monoisotopic (exact) mass is 323 g/mol. The molecule has 2 rings (SSSR count). The zero-order valence-corrected chi connectivity index (χ0v) is 13.9. The fraction of sp³-hybridized carbons (Fsp3) is 0.562. The molecule has 1 aromatic carbocycles. The molecule has 0 N–H and O–H groups in total. The summed E-state index contributed by atoms with van der Waals surface area (Å²) in [6.07, 6.45) is 0. The lowest BCUT2D eigenvalue weighted by atomic mass is 10.0. The number of methoxy groups -OCH3 is 1. The molecule has 0 bridgehead atoms. The smallest absolute Gasteiger partial charge is 0.155 e. The second kappa shape index (κ2) is 6.27. The van der Waals surface area contributed by atoms with Crippen molar-refractivity contribution in [3.05, 3.63) is 29.8 Å². The van der Waals surface area contributed by atoms with Crippen LogP contribution in [0.5, 0.6) is 5.75 Å². The molecule has 0 amide bonds. The van der Waals surface area contributed by atoms with E-state index in [1.165, 1.54) is 0 Å². The van der Waals surface area contributed by atoms with E-state index in [-0.39, 0.29) is 18.3 Å². The van der Waals surface area contributed by atoms with Crippen molar-refractivity contribution in [2.45, 2.75) is 25.0 Å². The fourth-order valence-corrected chi connectivity index (χ4v) is 5.01. The van der Waals surface area contributed by atoms with Crippen molar-refractivity contribution in [1.82, 2.24) is 0 Å². The van der Waals surface area contributed by atoms with Gasteiger partial charge in [0.15, 0.2) is 9.84 Å². The van der Waals surface area contributed by atoms with Crippen molar-refractivity contribution in [1.29, 1.82) is 5.26 Å². The molecular formula is C16H21NO4S. The standard InChI is InChI=1S/C16H21NO4S/c1-4-21-11-16(10-17)14(15(16)22(18,19)5-2)12-6-8-13(20-3)9-7-12/h6-9,14-15H,4-5,11H2,1-3H3/t14-,15+,16+/m1/s1. The molecule has 0 aromatic heterocycles. The molecule has 5 nitrogen and oxygen atoms in total. The van der Waals surface area contributed by atoms with Crippen LogP contribution >= 0.6 is 0 Å². The van der Waals surface area contributed by atoms with Crippen LogP contribution in [0.15, 0.2) is 24.3 Å². The average Bonchev–Trinajstić information content (AvgIpc) is 3.23. The largest absolute Gasteiger partial charge is 0.497 e. The summed E-state index contributed by atoms with van der Waals surface area (Å²) >= 11 is 0. The van der Waals surface area contributed by atoms with Crippen molar-refractivity contribution in [3.8, 4) is 11.8 Å². The third-order valence-electron chi connectivity index (χ3n) is 4.27. The molecule has 6 heteroatoms. The van der Waals surface area contributed by atoms with Crippen molar-refractivity contribution >= 4 is 9.84 Å². The van der Waals surface area contributed by atoms with Gasteiger partial charge in [-0.15, -0.1) is 0 Å². The Labute approximate surface area is 131 Å². The number of ether oxygens (including phenoxy) is 2. The minimum absolute atomic E-state index is 0.0277. The maximum absolute atomic E-state index is 12.4. The SMILES string of the molecule is CCOC[C@@]1(C#N)[C@H](c2ccc(OC)cc2)[C@@H]1S(=O)(=O)CC. The zero-order chi connectivity index (χ0) is 16.4. The van der Waals surface area contributed by atoms with Crippen LogP contribution in [-0.2, 0) is 14.6 Å². The lowest BCUT2D eigenvalue weighted by Crippen LogP contribution is -2.20. The van der Waals surface area contributed by atoms with Crippen LogP contribution < -0.4 is 4.74 Å². The first-order chi connectivity index (χ1) is 10.5. The Balaban J connectivity index is 2.40.